The van der Waals surface area contributed by atoms with Crippen molar-refractivity contribution in [3.63, 3.8) is 0 Å². The van der Waals surface area contributed by atoms with E-state index in [-0.39, 0.29) is 11.7 Å². The molecule has 3 heterocycles. The maximum atomic E-state index is 6.01. The molecule has 1 aromatic rings. The summed E-state index contributed by atoms with van der Waals surface area (Å²) in [6.45, 7) is 7.33. The van der Waals surface area contributed by atoms with E-state index in [0.29, 0.717) is 6.04 Å². The molecule has 0 saturated carbocycles. The Morgan fingerprint density at radius 1 is 1.42 bits per heavy atom. The first-order chi connectivity index (χ1) is 9.17. The highest BCUT2D eigenvalue weighted by molar-refractivity contribution is 5.11. The van der Waals surface area contributed by atoms with Crippen molar-refractivity contribution >= 4 is 0 Å². The summed E-state index contributed by atoms with van der Waals surface area (Å²) in [6.07, 6.45) is 3.94. The van der Waals surface area contributed by atoms with Crippen molar-refractivity contribution in [3.05, 3.63) is 24.4 Å². The molecule has 1 aromatic heterocycles. The predicted molar refractivity (Wildman–Crippen MR) is 73.3 cm³/mol. The van der Waals surface area contributed by atoms with Crippen LogP contribution < -0.4 is 4.74 Å². The van der Waals surface area contributed by atoms with E-state index in [0.717, 1.165) is 38.4 Å². The van der Waals surface area contributed by atoms with Crippen molar-refractivity contribution < 1.29 is 9.47 Å². The van der Waals surface area contributed by atoms with Gasteiger partial charge in [-0.15, -0.1) is 0 Å². The average Bonchev–Trinajstić information content (AvgIpc) is 2.37. The van der Waals surface area contributed by atoms with Crippen LogP contribution in [0.4, 0.5) is 0 Å². The van der Waals surface area contributed by atoms with Gasteiger partial charge < -0.3 is 9.47 Å². The number of ether oxygens (including phenoxy) is 2. The van der Waals surface area contributed by atoms with E-state index in [4.69, 9.17) is 9.47 Å². The summed E-state index contributed by atoms with van der Waals surface area (Å²) in [5.41, 5.74) is 0.0297. The van der Waals surface area contributed by atoms with E-state index in [1.807, 2.05) is 18.2 Å². The van der Waals surface area contributed by atoms with Crippen molar-refractivity contribution in [3.8, 4) is 5.88 Å². The van der Waals surface area contributed by atoms with Gasteiger partial charge in [0.25, 0.3) is 0 Å². The molecule has 0 amide bonds. The molecule has 2 saturated heterocycles. The van der Waals surface area contributed by atoms with Gasteiger partial charge in [0.2, 0.25) is 5.88 Å². The second kappa shape index (κ2) is 5.10. The second-order valence-corrected chi connectivity index (χ2v) is 5.93. The van der Waals surface area contributed by atoms with Gasteiger partial charge in [-0.3, -0.25) is 4.90 Å². The minimum absolute atomic E-state index is 0.0297. The van der Waals surface area contributed by atoms with Gasteiger partial charge in [0.1, 0.15) is 6.10 Å². The molecular weight excluding hydrogens is 240 g/mol. The van der Waals surface area contributed by atoms with Crippen molar-refractivity contribution in [2.45, 2.75) is 44.4 Å². The van der Waals surface area contributed by atoms with Gasteiger partial charge in [0, 0.05) is 44.2 Å². The SMILES string of the molecule is CC(C)N1CC2(CC(Oc3ccccn3)CCO2)C1. The second-order valence-electron chi connectivity index (χ2n) is 5.93. The molecule has 2 fully saturated rings. The van der Waals surface area contributed by atoms with E-state index < -0.39 is 0 Å². The summed E-state index contributed by atoms with van der Waals surface area (Å²) in [6, 6.07) is 6.39. The highest BCUT2D eigenvalue weighted by atomic mass is 16.5. The first-order valence-electron chi connectivity index (χ1n) is 7.13. The average molecular weight is 262 g/mol. The third kappa shape index (κ3) is 2.74. The van der Waals surface area contributed by atoms with Crippen LogP contribution in [0.25, 0.3) is 0 Å². The minimum atomic E-state index is 0.0297. The lowest BCUT2D eigenvalue weighted by molar-refractivity contribution is -0.192. The monoisotopic (exact) mass is 262 g/mol. The van der Waals surface area contributed by atoms with Crippen LogP contribution in [0.2, 0.25) is 0 Å². The largest absolute Gasteiger partial charge is 0.474 e. The van der Waals surface area contributed by atoms with Crippen molar-refractivity contribution in [1.82, 2.24) is 9.88 Å². The van der Waals surface area contributed by atoms with E-state index >= 15 is 0 Å². The maximum absolute atomic E-state index is 6.01. The summed E-state index contributed by atoms with van der Waals surface area (Å²) < 4.78 is 12.0. The molecule has 0 aliphatic carbocycles. The number of nitrogens with zero attached hydrogens (tertiary/aromatic N) is 2. The Labute approximate surface area is 114 Å². The fourth-order valence-corrected chi connectivity index (χ4v) is 2.95. The van der Waals surface area contributed by atoms with Crippen molar-refractivity contribution in [2.75, 3.05) is 19.7 Å². The zero-order valence-corrected chi connectivity index (χ0v) is 11.7. The first-order valence-corrected chi connectivity index (χ1v) is 7.13. The number of likely N-dealkylation sites (tertiary alicyclic amines) is 1. The highest BCUT2D eigenvalue weighted by Crippen LogP contribution is 2.36. The summed E-state index contributed by atoms with van der Waals surface area (Å²) in [5, 5.41) is 0. The van der Waals surface area contributed by atoms with Crippen LogP contribution in [0.1, 0.15) is 26.7 Å². The summed E-state index contributed by atoms with van der Waals surface area (Å²) in [5.74, 6) is 0.726. The Morgan fingerprint density at radius 3 is 2.95 bits per heavy atom. The molecular formula is C15H22N2O2. The molecule has 1 unspecified atom stereocenters. The van der Waals surface area contributed by atoms with E-state index in [9.17, 15) is 0 Å². The molecule has 3 rings (SSSR count). The van der Waals surface area contributed by atoms with E-state index in [1.54, 1.807) is 6.20 Å². The van der Waals surface area contributed by atoms with Crippen molar-refractivity contribution in [1.29, 1.82) is 0 Å². The smallest absolute Gasteiger partial charge is 0.213 e. The topological polar surface area (TPSA) is 34.6 Å². The Bertz CT molecular complexity index is 415. The fraction of sp³-hybridized carbons (Fsp3) is 0.667. The number of aromatic nitrogens is 1. The zero-order chi connectivity index (χ0) is 13.3. The van der Waals surface area contributed by atoms with E-state index in [1.165, 1.54) is 0 Å². The number of pyridine rings is 1. The Morgan fingerprint density at radius 2 is 2.26 bits per heavy atom. The van der Waals surface area contributed by atoms with Crippen LogP contribution in [0.3, 0.4) is 0 Å². The molecule has 0 aromatic carbocycles. The third-order valence-corrected chi connectivity index (χ3v) is 4.09. The number of rotatable bonds is 3. The van der Waals surface area contributed by atoms with E-state index in [2.05, 4.69) is 23.7 Å². The van der Waals surface area contributed by atoms with Crippen LogP contribution in [0.5, 0.6) is 5.88 Å². The lowest BCUT2D eigenvalue weighted by Gasteiger charge is -2.54. The highest BCUT2D eigenvalue weighted by Gasteiger charge is 2.48. The predicted octanol–water partition coefficient (Wildman–Crippen LogP) is 2.10. The van der Waals surface area contributed by atoms with Gasteiger partial charge >= 0.3 is 0 Å². The normalized spacial score (nSPS) is 26.4. The minimum Gasteiger partial charge on any atom is -0.474 e. The third-order valence-electron chi connectivity index (χ3n) is 4.09. The van der Waals surface area contributed by atoms with Gasteiger partial charge in [0.15, 0.2) is 0 Å². The number of hydrogen-bond acceptors (Lipinski definition) is 4. The van der Waals surface area contributed by atoms with Crippen LogP contribution in [-0.2, 0) is 4.74 Å². The van der Waals surface area contributed by atoms with Gasteiger partial charge in [-0.1, -0.05) is 6.07 Å². The molecule has 2 aliphatic rings. The number of hydrogen-bond donors (Lipinski definition) is 0. The summed E-state index contributed by atoms with van der Waals surface area (Å²) in [4.78, 5) is 6.68. The van der Waals surface area contributed by atoms with Gasteiger partial charge in [-0.25, -0.2) is 4.98 Å². The van der Waals surface area contributed by atoms with Crippen LogP contribution in [0, 0.1) is 0 Å². The molecule has 4 heteroatoms. The van der Waals surface area contributed by atoms with Gasteiger partial charge in [-0.2, -0.15) is 0 Å². The fourth-order valence-electron chi connectivity index (χ4n) is 2.95. The van der Waals surface area contributed by atoms with Crippen LogP contribution >= 0.6 is 0 Å². The van der Waals surface area contributed by atoms with Crippen LogP contribution in [-0.4, -0.2) is 47.3 Å². The molecule has 2 aliphatic heterocycles. The molecule has 104 valence electrons. The maximum Gasteiger partial charge on any atom is 0.213 e. The first kappa shape index (κ1) is 12.9. The lowest BCUT2D eigenvalue weighted by atomic mass is 9.84. The quantitative estimate of drug-likeness (QED) is 0.835. The molecule has 4 nitrogen and oxygen atoms in total. The molecule has 19 heavy (non-hydrogen) atoms. The van der Waals surface area contributed by atoms with Crippen molar-refractivity contribution in [2.24, 2.45) is 0 Å². The lowest BCUT2D eigenvalue weighted by Crippen LogP contribution is -2.67. The molecule has 1 spiro atoms. The molecule has 0 radical (unpaired) electrons. The van der Waals surface area contributed by atoms with Crippen LogP contribution in [0.15, 0.2) is 24.4 Å². The molecule has 1 atom stereocenters. The van der Waals surface area contributed by atoms with Gasteiger partial charge in [-0.05, 0) is 19.9 Å². The summed E-state index contributed by atoms with van der Waals surface area (Å²) in [7, 11) is 0. The Kier molecular flexibility index (Phi) is 3.46. The summed E-state index contributed by atoms with van der Waals surface area (Å²) >= 11 is 0. The molecule has 0 bridgehead atoms. The Hall–Kier alpha value is -1.13. The molecule has 0 N–H and O–H groups in total. The van der Waals surface area contributed by atoms with Gasteiger partial charge in [0.05, 0.1) is 12.2 Å². The zero-order valence-electron chi connectivity index (χ0n) is 11.7. The Balaban J connectivity index is 1.57. The standard InChI is InChI=1S/C15H22N2O2/c1-12(2)17-10-15(11-17)9-13(6-8-18-15)19-14-5-3-4-7-16-14/h3-5,7,12-13H,6,8-11H2,1-2H3.